The van der Waals surface area contributed by atoms with Gasteiger partial charge in [-0.2, -0.15) is 5.10 Å². The average molecular weight is 342 g/mol. The van der Waals surface area contributed by atoms with Crippen LogP contribution >= 0.6 is 15.9 Å². The molecule has 1 fully saturated rings. The third-order valence-electron chi connectivity index (χ3n) is 4.59. The standard InChI is InChI=1S/C16H28BrN3/c1-5-13-15(17)14(20(6-2)19-13)11-18-12-7-9-16(3,4)10-8-12/h12,18H,5-11H2,1-4H3. The summed E-state index contributed by atoms with van der Waals surface area (Å²) in [5, 5.41) is 8.40. The zero-order valence-corrected chi connectivity index (χ0v) is 14.9. The van der Waals surface area contributed by atoms with Crippen molar-refractivity contribution in [2.24, 2.45) is 5.41 Å². The van der Waals surface area contributed by atoms with Crippen molar-refractivity contribution in [3.8, 4) is 0 Å². The van der Waals surface area contributed by atoms with Gasteiger partial charge in [-0.05, 0) is 60.4 Å². The van der Waals surface area contributed by atoms with Gasteiger partial charge >= 0.3 is 0 Å². The largest absolute Gasteiger partial charge is 0.308 e. The molecule has 0 aliphatic heterocycles. The molecule has 0 atom stereocenters. The van der Waals surface area contributed by atoms with E-state index in [-0.39, 0.29) is 0 Å². The van der Waals surface area contributed by atoms with Gasteiger partial charge < -0.3 is 5.32 Å². The molecule has 0 radical (unpaired) electrons. The number of aromatic nitrogens is 2. The van der Waals surface area contributed by atoms with Crippen molar-refractivity contribution in [3.05, 3.63) is 15.9 Å². The summed E-state index contributed by atoms with van der Waals surface area (Å²) in [5.41, 5.74) is 3.02. The van der Waals surface area contributed by atoms with Gasteiger partial charge in [0.15, 0.2) is 0 Å². The number of rotatable bonds is 5. The van der Waals surface area contributed by atoms with E-state index in [4.69, 9.17) is 0 Å². The van der Waals surface area contributed by atoms with Crippen LogP contribution in [0.25, 0.3) is 0 Å². The molecule has 0 spiro atoms. The van der Waals surface area contributed by atoms with E-state index in [1.54, 1.807) is 0 Å². The molecular weight excluding hydrogens is 314 g/mol. The third kappa shape index (κ3) is 3.64. The van der Waals surface area contributed by atoms with Gasteiger partial charge in [0.1, 0.15) is 0 Å². The topological polar surface area (TPSA) is 29.9 Å². The Kier molecular flexibility index (Phi) is 5.30. The molecule has 1 aromatic rings. The molecule has 0 unspecified atom stereocenters. The lowest BCUT2D eigenvalue weighted by Gasteiger charge is -2.34. The van der Waals surface area contributed by atoms with Gasteiger partial charge in [0.05, 0.1) is 15.9 Å². The van der Waals surface area contributed by atoms with Crippen LogP contribution in [0.2, 0.25) is 0 Å². The highest BCUT2D eigenvalue weighted by molar-refractivity contribution is 9.10. The molecule has 1 heterocycles. The summed E-state index contributed by atoms with van der Waals surface area (Å²) in [5.74, 6) is 0. The SMILES string of the molecule is CCc1nn(CC)c(CNC2CCC(C)(C)CC2)c1Br. The van der Waals surface area contributed by atoms with Crippen LogP contribution in [-0.4, -0.2) is 15.8 Å². The number of halogens is 1. The first-order valence-electron chi connectivity index (χ1n) is 7.94. The minimum Gasteiger partial charge on any atom is -0.308 e. The summed E-state index contributed by atoms with van der Waals surface area (Å²) < 4.78 is 3.33. The minimum atomic E-state index is 0.541. The van der Waals surface area contributed by atoms with Crippen LogP contribution < -0.4 is 5.32 Å². The van der Waals surface area contributed by atoms with Gasteiger partial charge in [-0.15, -0.1) is 0 Å². The Morgan fingerprint density at radius 1 is 1.30 bits per heavy atom. The smallest absolute Gasteiger partial charge is 0.0767 e. The molecule has 0 bridgehead atoms. The summed E-state index contributed by atoms with van der Waals surface area (Å²) in [6, 6.07) is 0.667. The van der Waals surface area contributed by atoms with Crippen LogP contribution in [0.4, 0.5) is 0 Å². The van der Waals surface area contributed by atoms with E-state index in [2.05, 4.69) is 58.7 Å². The van der Waals surface area contributed by atoms with Crippen LogP contribution in [0, 0.1) is 5.41 Å². The zero-order chi connectivity index (χ0) is 14.8. The minimum absolute atomic E-state index is 0.541. The van der Waals surface area contributed by atoms with E-state index in [1.165, 1.54) is 41.5 Å². The Hall–Kier alpha value is -0.350. The summed E-state index contributed by atoms with van der Waals surface area (Å²) in [6.45, 7) is 11.0. The molecule has 114 valence electrons. The molecule has 4 heteroatoms. The quantitative estimate of drug-likeness (QED) is 0.865. The molecule has 1 saturated carbocycles. The number of nitrogens with one attached hydrogen (secondary N) is 1. The van der Waals surface area contributed by atoms with Crippen LogP contribution in [0.15, 0.2) is 4.47 Å². The van der Waals surface area contributed by atoms with Crippen molar-refractivity contribution in [1.29, 1.82) is 0 Å². The Morgan fingerprint density at radius 2 is 1.95 bits per heavy atom. The lowest BCUT2D eigenvalue weighted by molar-refractivity contribution is 0.205. The first kappa shape index (κ1) is 16.0. The van der Waals surface area contributed by atoms with E-state index >= 15 is 0 Å². The van der Waals surface area contributed by atoms with Gasteiger partial charge in [0.2, 0.25) is 0 Å². The molecule has 1 aliphatic carbocycles. The predicted octanol–water partition coefficient (Wildman–Crippen LogP) is 4.29. The van der Waals surface area contributed by atoms with Crippen LogP contribution in [0.1, 0.15) is 64.8 Å². The highest BCUT2D eigenvalue weighted by Gasteiger charge is 2.26. The molecular formula is C16H28BrN3. The highest BCUT2D eigenvalue weighted by Crippen LogP contribution is 2.35. The first-order chi connectivity index (χ1) is 9.46. The Balaban J connectivity index is 1.96. The van der Waals surface area contributed by atoms with E-state index in [0.29, 0.717) is 11.5 Å². The van der Waals surface area contributed by atoms with Gasteiger partial charge in [0.25, 0.3) is 0 Å². The van der Waals surface area contributed by atoms with Crippen molar-refractivity contribution in [2.45, 2.75) is 78.9 Å². The molecule has 0 saturated heterocycles. The third-order valence-corrected chi connectivity index (χ3v) is 5.51. The fourth-order valence-corrected chi connectivity index (χ4v) is 3.74. The van der Waals surface area contributed by atoms with Gasteiger partial charge in [-0.1, -0.05) is 20.8 Å². The van der Waals surface area contributed by atoms with Gasteiger partial charge in [0, 0.05) is 19.1 Å². The lowest BCUT2D eigenvalue weighted by atomic mass is 9.75. The summed E-state index contributed by atoms with van der Waals surface area (Å²) >= 11 is 3.72. The Morgan fingerprint density at radius 3 is 2.50 bits per heavy atom. The lowest BCUT2D eigenvalue weighted by Crippen LogP contribution is -2.35. The zero-order valence-electron chi connectivity index (χ0n) is 13.3. The van der Waals surface area contributed by atoms with Gasteiger partial charge in [-0.3, -0.25) is 4.68 Å². The summed E-state index contributed by atoms with van der Waals surface area (Å²) in [4.78, 5) is 0. The number of nitrogens with zero attached hydrogens (tertiary/aromatic N) is 2. The second kappa shape index (κ2) is 6.61. The van der Waals surface area contributed by atoms with E-state index in [1.807, 2.05) is 0 Å². The Labute approximate surface area is 131 Å². The molecule has 2 rings (SSSR count). The van der Waals surface area contributed by atoms with Crippen molar-refractivity contribution < 1.29 is 0 Å². The van der Waals surface area contributed by atoms with Crippen molar-refractivity contribution in [2.75, 3.05) is 0 Å². The summed E-state index contributed by atoms with van der Waals surface area (Å²) in [7, 11) is 0. The van der Waals surface area contributed by atoms with Crippen molar-refractivity contribution >= 4 is 15.9 Å². The van der Waals surface area contributed by atoms with Crippen molar-refractivity contribution in [1.82, 2.24) is 15.1 Å². The van der Waals surface area contributed by atoms with Crippen LogP contribution in [0.3, 0.4) is 0 Å². The monoisotopic (exact) mass is 341 g/mol. The normalized spacial score (nSPS) is 19.4. The maximum atomic E-state index is 4.66. The summed E-state index contributed by atoms with van der Waals surface area (Å²) in [6.07, 6.45) is 6.24. The predicted molar refractivity (Wildman–Crippen MR) is 87.9 cm³/mol. The Bertz CT molecular complexity index is 441. The maximum absolute atomic E-state index is 4.66. The first-order valence-corrected chi connectivity index (χ1v) is 8.73. The van der Waals surface area contributed by atoms with Crippen LogP contribution in [-0.2, 0) is 19.5 Å². The molecule has 20 heavy (non-hydrogen) atoms. The molecule has 3 nitrogen and oxygen atoms in total. The number of hydrogen-bond donors (Lipinski definition) is 1. The second-order valence-electron chi connectivity index (χ2n) is 6.70. The number of aryl methyl sites for hydroxylation is 2. The highest BCUT2D eigenvalue weighted by atomic mass is 79.9. The number of hydrogen-bond acceptors (Lipinski definition) is 2. The molecule has 0 aromatic carbocycles. The fourth-order valence-electron chi connectivity index (χ4n) is 3.03. The molecule has 0 amide bonds. The van der Waals surface area contributed by atoms with E-state index in [0.717, 1.165) is 19.5 Å². The van der Waals surface area contributed by atoms with Gasteiger partial charge in [-0.25, -0.2) is 0 Å². The maximum Gasteiger partial charge on any atom is 0.0767 e. The second-order valence-corrected chi connectivity index (χ2v) is 7.49. The average Bonchev–Trinajstić information content (AvgIpc) is 2.73. The van der Waals surface area contributed by atoms with Crippen LogP contribution in [0.5, 0.6) is 0 Å². The fraction of sp³-hybridized carbons (Fsp3) is 0.812. The van der Waals surface area contributed by atoms with E-state index < -0.39 is 0 Å². The molecule has 1 aromatic heterocycles. The molecule has 1 N–H and O–H groups in total. The van der Waals surface area contributed by atoms with Crippen molar-refractivity contribution in [3.63, 3.8) is 0 Å². The van der Waals surface area contributed by atoms with E-state index in [9.17, 15) is 0 Å². The molecule has 1 aliphatic rings.